The summed E-state index contributed by atoms with van der Waals surface area (Å²) in [5, 5.41) is 10.2. The Bertz CT molecular complexity index is 640. The van der Waals surface area contributed by atoms with Gasteiger partial charge in [-0.2, -0.15) is 0 Å². The lowest BCUT2D eigenvalue weighted by Gasteiger charge is -2.29. The van der Waals surface area contributed by atoms with Gasteiger partial charge in [0.1, 0.15) is 11.5 Å². The molecule has 0 radical (unpaired) electrons. The Hall–Kier alpha value is -2.01. The van der Waals surface area contributed by atoms with Crippen LogP contribution in [0.2, 0.25) is 0 Å². The number of carbonyl (C=O) groups excluding carboxylic acids is 1. The van der Waals surface area contributed by atoms with E-state index < -0.39 is 6.10 Å². The lowest BCUT2D eigenvalue weighted by Crippen LogP contribution is -2.34. The number of allylic oxidation sites excluding steroid dienone is 1. The Morgan fingerprint density at radius 2 is 2.29 bits per heavy atom. The van der Waals surface area contributed by atoms with Crippen LogP contribution in [0.25, 0.3) is 0 Å². The molecule has 0 aromatic heterocycles. The highest BCUT2D eigenvalue weighted by atomic mass is 16.5. The van der Waals surface area contributed by atoms with Gasteiger partial charge < -0.3 is 19.5 Å². The number of likely N-dealkylation sites (tertiary alicyclic amines) is 1. The van der Waals surface area contributed by atoms with Crippen LogP contribution in [0, 0.1) is 0 Å². The molecule has 1 saturated heterocycles. The highest BCUT2D eigenvalue weighted by Crippen LogP contribution is 2.36. The fraction of sp³-hybridized carbons (Fsp3) is 0.526. The molecule has 2 aliphatic heterocycles. The van der Waals surface area contributed by atoms with Crippen LogP contribution in [-0.4, -0.2) is 42.3 Å². The van der Waals surface area contributed by atoms with Gasteiger partial charge in [0.25, 0.3) is 5.91 Å². The van der Waals surface area contributed by atoms with Crippen molar-refractivity contribution in [2.45, 2.75) is 44.8 Å². The lowest BCUT2D eigenvalue weighted by molar-refractivity contribution is -0.129. The van der Waals surface area contributed by atoms with Crippen molar-refractivity contribution in [1.29, 1.82) is 0 Å². The number of hydrogen-bond acceptors (Lipinski definition) is 4. The van der Waals surface area contributed by atoms with Crippen LogP contribution >= 0.6 is 0 Å². The quantitative estimate of drug-likeness (QED) is 0.922. The van der Waals surface area contributed by atoms with Gasteiger partial charge in [-0.05, 0) is 37.0 Å². The SMILES string of the molecule is CCC1=C(C(=O)N2C[C@@H](O)C[C@@H]2c2cccc(OC)c2)CCCO1. The first-order valence-electron chi connectivity index (χ1n) is 8.61. The summed E-state index contributed by atoms with van der Waals surface area (Å²) in [6.07, 6.45) is 2.39. The largest absolute Gasteiger partial charge is 0.497 e. The van der Waals surface area contributed by atoms with E-state index in [0.717, 1.165) is 41.9 Å². The molecular formula is C19H25NO4. The minimum Gasteiger partial charge on any atom is -0.497 e. The molecule has 5 heteroatoms. The highest BCUT2D eigenvalue weighted by Gasteiger charge is 2.37. The van der Waals surface area contributed by atoms with Crippen molar-refractivity contribution in [1.82, 2.24) is 4.90 Å². The Morgan fingerprint density at radius 1 is 1.46 bits per heavy atom. The number of ether oxygens (including phenoxy) is 2. The first-order chi connectivity index (χ1) is 11.6. The number of aliphatic hydroxyl groups excluding tert-OH is 1. The summed E-state index contributed by atoms with van der Waals surface area (Å²) in [4.78, 5) is 14.9. The van der Waals surface area contributed by atoms with Gasteiger partial charge in [0.15, 0.2) is 0 Å². The summed E-state index contributed by atoms with van der Waals surface area (Å²) >= 11 is 0. The van der Waals surface area contributed by atoms with Gasteiger partial charge in [-0.25, -0.2) is 0 Å². The van der Waals surface area contributed by atoms with Gasteiger partial charge in [0.2, 0.25) is 0 Å². The summed E-state index contributed by atoms with van der Waals surface area (Å²) in [7, 11) is 1.63. The Morgan fingerprint density at radius 3 is 3.04 bits per heavy atom. The molecule has 2 heterocycles. The summed E-state index contributed by atoms with van der Waals surface area (Å²) < 4.78 is 11.0. The molecule has 1 N–H and O–H groups in total. The van der Waals surface area contributed by atoms with Crippen molar-refractivity contribution in [2.24, 2.45) is 0 Å². The second kappa shape index (κ2) is 7.26. The monoisotopic (exact) mass is 331 g/mol. The Labute approximate surface area is 142 Å². The van der Waals surface area contributed by atoms with Gasteiger partial charge in [-0.1, -0.05) is 19.1 Å². The number of β-amino-alcohol motifs (C(OH)–C–C–N with tert-alkyl or cyclic N) is 1. The van der Waals surface area contributed by atoms with Crippen molar-refractivity contribution < 1.29 is 19.4 Å². The number of benzene rings is 1. The van der Waals surface area contributed by atoms with Crippen LogP contribution < -0.4 is 4.74 Å². The molecule has 2 atom stereocenters. The van der Waals surface area contributed by atoms with Crippen molar-refractivity contribution >= 4 is 5.91 Å². The zero-order valence-electron chi connectivity index (χ0n) is 14.3. The van der Waals surface area contributed by atoms with E-state index in [0.29, 0.717) is 19.6 Å². The smallest absolute Gasteiger partial charge is 0.253 e. The van der Waals surface area contributed by atoms with Crippen LogP contribution in [0.4, 0.5) is 0 Å². The van der Waals surface area contributed by atoms with Crippen LogP contribution in [0.15, 0.2) is 35.6 Å². The standard InChI is InChI=1S/C19H25NO4/c1-3-18-16(8-5-9-24-18)19(22)20-12-14(21)11-17(20)13-6-4-7-15(10-13)23-2/h4,6-7,10,14,17,21H,3,5,8-9,11-12H2,1-2H3/t14-,17+/m0/s1. The molecule has 0 unspecified atom stereocenters. The molecule has 130 valence electrons. The summed E-state index contributed by atoms with van der Waals surface area (Å²) in [6, 6.07) is 7.60. The predicted octanol–water partition coefficient (Wildman–Crippen LogP) is 2.80. The topological polar surface area (TPSA) is 59.0 Å². The molecule has 0 saturated carbocycles. The number of hydrogen-bond donors (Lipinski definition) is 1. The Kier molecular flexibility index (Phi) is 5.09. The van der Waals surface area contributed by atoms with E-state index in [1.165, 1.54) is 0 Å². The number of rotatable bonds is 4. The number of amides is 1. The molecule has 3 rings (SSSR count). The maximum absolute atomic E-state index is 13.1. The molecule has 24 heavy (non-hydrogen) atoms. The van der Waals surface area contributed by atoms with Gasteiger partial charge in [-0.15, -0.1) is 0 Å². The second-order valence-electron chi connectivity index (χ2n) is 6.35. The molecule has 1 fully saturated rings. The first-order valence-corrected chi connectivity index (χ1v) is 8.61. The molecular weight excluding hydrogens is 306 g/mol. The average Bonchev–Trinajstić information content (AvgIpc) is 3.03. The normalized spacial score (nSPS) is 24.0. The molecule has 1 aromatic carbocycles. The van der Waals surface area contributed by atoms with E-state index in [-0.39, 0.29) is 11.9 Å². The highest BCUT2D eigenvalue weighted by molar-refractivity contribution is 5.94. The minimum absolute atomic E-state index is 0.00378. The molecule has 0 spiro atoms. The van der Waals surface area contributed by atoms with E-state index in [9.17, 15) is 9.90 Å². The first kappa shape index (κ1) is 16.8. The van der Waals surface area contributed by atoms with Gasteiger partial charge >= 0.3 is 0 Å². The molecule has 0 aliphatic carbocycles. The molecule has 1 aromatic rings. The van der Waals surface area contributed by atoms with Crippen LogP contribution in [0.3, 0.4) is 0 Å². The summed E-state index contributed by atoms with van der Waals surface area (Å²) in [6.45, 7) is 3.05. The number of nitrogens with zero attached hydrogens (tertiary/aromatic N) is 1. The third kappa shape index (κ3) is 3.26. The average molecular weight is 331 g/mol. The van der Waals surface area contributed by atoms with Crippen molar-refractivity contribution in [3.8, 4) is 5.75 Å². The lowest BCUT2D eigenvalue weighted by atomic mass is 10.0. The van der Waals surface area contributed by atoms with Gasteiger partial charge in [0.05, 0.1) is 31.4 Å². The van der Waals surface area contributed by atoms with Crippen molar-refractivity contribution in [2.75, 3.05) is 20.3 Å². The maximum atomic E-state index is 13.1. The van der Waals surface area contributed by atoms with Crippen LogP contribution in [0.1, 0.15) is 44.2 Å². The van der Waals surface area contributed by atoms with Gasteiger partial charge in [-0.3, -0.25) is 4.79 Å². The van der Waals surface area contributed by atoms with E-state index in [4.69, 9.17) is 9.47 Å². The van der Waals surface area contributed by atoms with Crippen molar-refractivity contribution in [3.63, 3.8) is 0 Å². The fourth-order valence-electron chi connectivity index (χ4n) is 3.59. The predicted molar refractivity (Wildman–Crippen MR) is 90.6 cm³/mol. The van der Waals surface area contributed by atoms with E-state index in [1.54, 1.807) is 12.0 Å². The van der Waals surface area contributed by atoms with E-state index in [2.05, 4.69) is 0 Å². The van der Waals surface area contributed by atoms with E-state index >= 15 is 0 Å². The summed E-state index contributed by atoms with van der Waals surface area (Å²) in [5.41, 5.74) is 1.76. The van der Waals surface area contributed by atoms with Gasteiger partial charge in [0, 0.05) is 13.0 Å². The number of carbonyl (C=O) groups is 1. The third-order valence-electron chi connectivity index (χ3n) is 4.78. The molecule has 5 nitrogen and oxygen atoms in total. The van der Waals surface area contributed by atoms with Crippen LogP contribution in [0.5, 0.6) is 5.75 Å². The maximum Gasteiger partial charge on any atom is 0.253 e. The van der Waals surface area contributed by atoms with Crippen molar-refractivity contribution in [3.05, 3.63) is 41.2 Å². The number of aliphatic hydroxyl groups is 1. The summed E-state index contributed by atoms with van der Waals surface area (Å²) in [5.74, 6) is 1.56. The molecule has 0 bridgehead atoms. The second-order valence-corrected chi connectivity index (χ2v) is 6.35. The Balaban J connectivity index is 1.90. The molecule has 2 aliphatic rings. The van der Waals surface area contributed by atoms with E-state index in [1.807, 2.05) is 31.2 Å². The zero-order valence-corrected chi connectivity index (χ0v) is 14.3. The minimum atomic E-state index is -0.500. The zero-order chi connectivity index (χ0) is 17.1. The third-order valence-corrected chi connectivity index (χ3v) is 4.78. The molecule has 1 amide bonds. The fourth-order valence-corrected chi connectivity index (χ4v) is 3.59. The number of methoxy groups -OCH3 is 1. The van der Waals surface area contributed by atoms with Crippen LogP contribution in [-0.2, 0) is 9.53 Å².